The maximum absolute atomic E-state index is 12.5. The number of carbonyl (C=O) groups excluding carboxylic acids is 2. The molecule has 2 aliphatic rings. The van der Waals surface area contributed by atoms with Crippen molar-refractivity contribution < 1.29 is 9.59 Å². The zero-order valence-corrected chi connectivity index (χ0v) is 14.9. The monoisotopic (exact) mass is 342 g/mol. The fraction of sp³-hybridized carbons (Fsp3) is 0.526. The molecule has 1 aromatic rings. The van der Waals surface area contributed by atoms with E-state index in [1.54, 1.807) is 6.92 Å². The quantitative estimate of drug-likeness (QED) is 0.867. The molecule has 6 heteroatoms. The van der Waals surface area contributed by atoms with Crippen LogP contribution in [-0.4, -0.2) is 47.6 Å². The second-order valence-corrected chi connectivity index (χ2v) is 7.08. The zero-order valence-electron chi connectivity index (χ0n) is 14.9. The molecular weight excluding hydrogens is 316 g/mol. The minimum atomic E-state index is -0.448. The predicted octanol–water partition coefficient (Wildman–Crippen LogP) is 1.41. The highest BCUT2D eigenvalue weighted by molar-refractivity contribution is 6.41. The Balaban J connectivity index is 1.51. The number of nitrogens with one attached hydrogen (secondary N) is 1. The molecule has 2 aliphatic heterocycles. The van der Waals surface area contributed by atoms with Crippen LogP contribution in [0.1, 0.15) is 32.3 Å². The highest BCUT2D eigenvalue weighted by Crippen LogP contribution is 2.26. The molecule has 1 saturated heterocycles. The normalized spacial score (nSPS) is 19.8. The van der Waals surface area contributed by atoms with Crippen LogP contribution in [0.4, 0.5) is 5.69 Å². The fourth-order valence-electron chi connectivity index (χ4n) is 3.58. The van der Waals surface area contributed by atoms with E-state index in [1.807, 2.05) is 36.1 Å². The summed E-state index contributed by atoms with van der Waals surface area (Å²) in [5.74, 6) is 0.288. The van der Waals surface area contributed by atoms with Crippen LogP contribution in [0.5, 0.6) is 0 Å². The van der Waals surface area contributed by atoms with Crippen LogP contribution in [0, 0.1) is 5.92 Å². The van der Waals surface area contributed by atoms with E-state index in [1.165, 1.54) is 0 Å². The smallest absolute Gasteiger partial charge is 0.266 e. The number of hydrogen-bond donors (Lipinski definition) is 2. The standard InChI is InChI=1S/C19H26N4O2/c1-12(20)19(25)23-9-7-14(8-10-23)13(2)21-18(24)17-11-15-5-3-4-6-16(15)22-17/h3-6,12-14H,7-11,20H2,1-2H3,(H,21,24)/t12-,13?/m0/s1. The van der Waals surface area contributed by atoms with Crippen LogP contribution in [-0.2, 0) is 16.0 Å². The summed E-state index contributed by atoms with van der Waals surface area (Å²) in [6.07, 6.45) is 2.36. The van der Waals surface area contributed by atoms with Crippen molar-refractivity contribution in [3.63, 3.8) is 0 Å². The molecule has 2 atom stereocenters. The van der Waals surface area contributed by atoms with Crippen molar-refractivity contribution in [3.8, 4) is 0 Å². The Bertz CT molecular complexity index is 690. The lowest BCUT2D eigenvalue weighted by atomic mass is 9.90. The molecule has 1 aromatic carbocycles. The number of aliphatic imine (C=N–C) groups is 1. The molecule has 2 heterocycles. The van der Waals surface area contributed by atoms with Gasteiger partial charge in [-0.3, -0.25) is 9.59 Å². The van der Waals surface area contributed by atoms with Gasteiger partial charge in [0.1, 0.15) is 5.71 Å². The highest BCUT2D eigenvalue weighted by Gasteiger charge is 2.29. The van der Waals surface area contributed by atoms with E-state index in [0.29, 0.717) is 31.1 Å². The van der Waals surface area contributed by atoms with Gasteiger partial charge in [0.2, 0.25) is 5.91 Å². The van der Waals surface area contributed by atoms with E-state index in [4.69, 9.17) is 5.73 Å². The van der Waals surface area contributed by atoms with Gasteiger partial charge in [-0.05, 0) is 44.2 Å². The lowest BCUT2D eigenvalue weighted by molar-refractivity contribution is -0.133. The first-order valence-electron chi connectivity index (χ1n) is 8.96. The number of nitrogens with zero attached hydrogens (tertiary/aromatic N) is 2. The molecule has 3 N–H and O–H groups in total. The molecule has 2 amide bonds. The van der Waals surface area contributed by atoms with Crippen molar-refractivity contribution >= 4 is 23.2 Å². The Kier molecular flexibility index (Phi) is 5.18. The van der Waals surface area contributed by atoms with E-state index in [-0.39, 0.29) is 17.9 Å². The van der Waals surface area contributed by atoms with Gasteiger partial charge in [0, 0.05) is 25.6 Å². The zero-order chi connectivity index (χ0) is 18.0. The second kappa shape index (κ2) is 7.35. The van der Waals surface area contributed by atoms with E-state index in [2.05, 4.69) is 10.3 Å². The average molecular weight is 342 g/mol. The van der Waals surface area contributed by atoms with Crippen LogP contribution in [0.3, 0.4) is 0 Å². The number of para-hydroxylation sites is 1. The van der Waals surface area contributed by atoms with Gasteiger partial charge in [-0.25, -0.2) is 4.99 Å². The highest BCUT2D eigenvalue weighted by atomic mass is 16.2. The van der Waals surface area contributed by atoms with Gasteiger partial charge in [-0.15, -0.1) is 0 Å². The van der Waals surface area contributed by atoms with Crippen LogP contribution in [0.15, 0.2) is 29.3 Å². The number of carbonyl (C=O) groups is 2. The summed E-state index contributed by atoms with van der Waals surface area (Å²) in [4.78, 5) is 30.7. The number of amides is 2. The van der Waals surface area contributed by atoms with Crippen molar-refractivity contribution in [2.75, 3.05) is 13.1 Å². The maximum atomic E-state index is 12.5. The number of rotatable bonds is 4. The Morgan fingerprint density at radius 3 is 2.56 bits per heavy atom. The van der Waals surface area contributed by atoms with E-state index in [9.17, 15) is 9.59 Å². The molecule has 1 fully saturated rings. The van der Waals surface area contributed by atoms with Gasteiger partial charge < -0.3 is 16.0 Å². The summed E-state index contributed by atoms with van der Waals surface area (Å²) in [5, 5.41) is 3.10. The van der Waals surface area contributed by atoms with Crippen molar-refractivity contribution in [3.05, 3.63) is 29.8 Å². The Labute approximate surface area is 148 Å². The Morgan fingerprint density at radius 1 is 1.24 bits per heavy atom. The minimum absolute atomic E-state index is 0.00761. The van der Waals surface area contributed by atoms with Gasteiger partial charge in [0.05, 0.1) is 11.7 Å². The summed E-state index contributed by atoms with van der Waals surface area (Å²) in [5.41, 5.74) is 8.24. The molecule has 134 valence electrons. The van der Waals surface area contributed by atoms with Crippen molar-refractivity contribution in [1.29, 1.82) is 0 Å². The summed E-state index contributed by atoms with van der Waals surface area (Å²) < 4.78 is 0. The van der Waals surface area contributed by atoms with Gasteiger partial charge in [-0.2, -0.15) is 0 Å². The first-order valence-corrected chi connectivity index (χ1v) is 8.96. The van der Waals surface area contributed by atoms with Gasteiger partial charge in [0.25, 0.3) is 5.91 Å². The maximum Gasteiger partial charge on any atom is 0.266 e. The van der Waals surface area contributed by atoms with Gasteiger partial charge in [-0.1, -0.05) is 18.2 Å². The van der Waals surface area contributed by atoms with Crippen LogP contribution in [0.25, 0.3) is 0 Å². The second-order valence-electron chi connectivity index (χ2n) is 7.08. The lowest BCUT2D eigenvalue weighted by Crippen LogP contribution is -2.49. The third-order valence-corrected chi connectivity index (χ3v) is 5.17. The van der Waals surface area contributed by atoms with Crippen LogP contribution in [0.2, 0.25) is 0 Å². The SMILES string of the molecule is CC(NC(=O)C1=Nc2ccccc2C1)C1CCN(C(=O)[C@H](C)N)CC1. The molecule has 0 bridgehead atoms. The molecule has 1 unspecified atom stereocenters. The molecule has 0 aliphatic carbocycles. The van der Waals surface area contributed by atoms with Crippen molar-refractivity contribution in [1.82, 2.24) is 10.2 Å². The van der Waals surface area contributed by atoms with E-state index >= 15 is 0 Å². The lowest BCUT2D eigenvalue weighted by Gasteiger charge is -2.35. The first-order chi connectivity index (χ1) is 12.0. The van der Waals surface area contributed by atoms with Gasteiger partial charge in [0.15, 0.2) is 0 Å². The summed E-state index contributed by atoms with van der Waals surface area (Å²) in [6, 6.07) is 7.46. The number of likely N-dealkylation sites (tertiary alicyclic amines) is 1. The van der Waals surface area contributed by atoms with E-state index < -0.39 is 6.04 Å². The first kappa shape index (κ1) is 17.6. The molecule has 0 spiro atoms. The van der Waals surface area contributed by atoms with Crippen LogP contribution >= 0.6 is 0 Å². The summed E-state index contributed by atoms with van der Waals surface area (Å²) in [6.45, 7) is 5.17. The van der Waals surface area contributed by atoms with Crippen LogP contribution < -0.4 is 11.1 Å². The predicted molar refractivity (Wildman–Crippen MR) is 97.8 cm³/mol. The Morgan fingerprint density at radius 2 is 1.92 bits per heavy atom. The molecule has 0 saturated carbocycles. The molecule has 25 heavy (non-hydrogen) atoms. The largest absolute Gasteiger partial charge is 0.348 e. The Hall–Kier alpha value is -2.21. The number of nitrogens with two attached hydrogens (primary N) is 1. The number of piperidine rings is 1. The molecule has 0 radical (unpaired) electrons. The molecule has 0 aromatic heterocycles. The third-order valence-electron chi connectivity index (χ3n) is 5.17. The summed E-state index contributed by atoms with van der Waals surface area (Å²) in [7, 11) is 0. The summed E-state index contributed by atoms with van der Waals surface area (Å²) >= 11 is 0. The third kappa shape index (κ3) is 3.90. The number of hydrogen-bond acceptors (Lipinski definition) is 4. The average Bonchev–Trinajstić information content (AvgIpc) is 3.05. The van der Waals surface area contributed by atoms with Crippen molar-refractivity contribution in [2.24, 2.45) is 16.6 Å². The number of fused-ring (bicyclic) bond motifs is 1. The topological polar surface area (TPSA) is 87.8 Å². The fourth-order valence-corrected chi connectivity index (χ4v) is 3.58. The minimum Gasteiger partial charge on any atom is -0.348 e. The molecule has 6 nitrogen and oxygen atoms in total. The number of benzene rings is 1. The van der Waals surface area contributed by atoms with E-state index in [0.717, 1.165) is 24.1 Å². The van der Waals surface area contributed by atoms with Gasteiger partial charge >= 0.3 is 0 Å². The molecular formula is C19H26N4O2. The van der Waals surface area contributed by atoms with Crippen molar-refractivity contribution in [2.45, 2.75) is 45.2 Å². The molecule has 3 rings (SSSR count).